The van der Waals surface area contributed by atoms with Gasteiger partial charge >= 0.3 is 5.97 Å². The summed E-state index contributed by atoms with van der Waals surface area (Å²) in [7, 11) is 0. The van der Waals surface area contributed by atoms with Crippen molar-refractivity contribution in [2.24, 2.45) is 0 Å². The first-order valence-electron chi connectivity index (χ1n) is 6.51. The second-order valence-electron chi connectivity index (χ2n) is 4.86. The van der Waals surface area contributed by atoms with Crippen molar-refractivity contribution < 1.29 is 9.90 Å². The van der Waals surface area contributed by atoms with Crippen LogP contribution < -0.4 is 0 Å². The number of nitrogens with zero attached hydrogens (tertiary/aromatic N) is 1. The zero-order valence-corrected chi connectivity index (χ0v) is 12.1. The van der Waals surface area contributed by atoms with Gasteiger partial charge in [0.05, 0.1) is 0 Å². The number of benzene rings is 1. The van der Waals surface area contributed by atoms with E-state index in [2.05, 4.69) is 0 Å². The molecule has 1 atom stereocenters. The predicted octanol–water partition coefficient (Wildman–Crippen LogP) is 4.00. The number of carboxylic acids is 1. The largest absolute Gasteiger partial charge is 0.480 e. The molecule has 0 bridgehead atoms. The summed E-state index contributed by atoms with van der Waals surface area (Å²) in [4.78, 5) is 13.6. The molecule has 1 aliphatic heterocycles. The minimum Gasteiger partial charge on any atom is -0.480 e. The molecule has 0 saturated carbocycles. The molecular formula is C14H17Cl2NO2. The third-order valence-corrected chi connectivity index (χ3v) is 4.06. The van der Waals surface area contributed by atoms with Crippen molar-refractivity contribution in [3.63, 3.8) is 0 Å². The Morgan fingerprint density at radius 1 is 1.16 bits per heavy atom. The number of aliphatic carboxylic acids is 1. The third-order valence-electron chi connectivity index (χ3n) is 3.50. The zero-order chi connectivity index (χ0) is 13.8. The van der Waals surface area contributed by atoms with Gasteiger partial charge < -0.3 is 5.11 Å². The number of hydrogen-bond acceptors (Lipinski definition) is 2. The smallest absolute Gasteiger partial charge is 0.325 e. The van der Waals surface area contributed by atoms with Crippen LogP contribution in [0.1, 0.15) is 37.3 Å². The maximum Gasteiger partial charge on any atom is 0.325 e. The van der Waals surface area contributed by atoms with Crippen LogP contribution in [0.2, 0.25) is 10.0 Å². The van der Waals surface area contributed by atoms with E-state index >= 15 is 0 Å². The summed E-state index contributed by atoms with van der Waals surface area (Å²) in [6, 6.07) is 4.33. The van der Waals surface area contributed by atoms with Gasteiger partial charge in [0.15, 0.2) is 0 Å². The fraction of sp³-hybridized carbons (Fsp3) is 0.500. The molecule has 0 aliphatic carbocycles. The fourth-order valence-electron chi connectivity index (χ4n) is 2.56. The lowest BCUT2D eigenvalue weighted by molar-refractivity contribution is -0.143. The maximum absolute atomic E-state index is 11.6. The minimum atomic E-state index is -0.855. The number of carboxylic acid groups (broad SMARTS) is 1. The Morgan fingerprint density at radius 3 is 2.32 bits per heavy atom. The molecule has 0 aromatic heterocycles. The summed E-state index contributed by atoms with van der Waals surface area (Å²) in [6.07, 6.45) is 4.40. The summed E-state index contributed by atoms with van der Waals surface area (Å²) in [5.41, 5.74) is 0.625. The van der Waals surface area contributed by atoms with Crippen LogP contribution in [0.4, 0.5) is 0 Å². The molecule has 2 rings (SSSR count). The van der Waals surface area contributed by atoms with E-state index in [1.165, 1.54) is 0 Å². The van der Waals surface area contributed by atoms with E-state index in [1.54, 1.807) is 18.2 Å². The van der Waals surface area contributed by atoms with E-state index < -0.39 is 12.0 Å². The number of carbonyl (C=O) groups is 1. The van der Waals surface area contributed by atoms with Crippen LogP contribution in [0.3, 0.4) is 0 Å². The molecular weight excluding hydrogens is 285 g/mol. The quantitative estimate of drug-likeness (QED) is 0.917. The van der Waals surface area contributed by atoms with Crippen molar-refractivity contribution in [1.82, 2.24) is 4.90 Å². The highest BCUT2D eigenvalue weighted by Gasteiger charge is 2.29. The van der Waals surface area contributed by atoms with E-state index in [-0.39, 0.29) is 0 Å². The Labute approximate surface area is 123 Å². The van der Waals surface area contributed by atoms with Gasteiger partial charge in [-0.3, -0.25) is 9.69 Å². The first-order chi connectivity index (χ1) is 9.09. The maximum atomic E-state index is 11.6. The Morgan fingerprint density at radius 2 is 1.79 bits per heavy atom. The van der Waals surface area contributed by atoms with Crippen LogP contribution in [-0.2, 0) is 4.79 Å². The Hall–Kier alpha value is -0.770. The van der Waals surface area contributed by atoms with Crippen LogP contribution in [0.15, 0.2) is 18.2 Å². The van der Waals surface area contributed by atoms with Crippen molar-refractivity contribution in [3.05, 3.63) is 33.8 Å². The van der Waals surface area contributed by atoms with E-state index in [9.17, 15) is 9.90 Å². The van der Waals surface area contributed by atoms with Crippen molar-refractivity contribution in [1.29, 1.82) is 0 Å². The lowest BCUT2D eigenvalue weighted by Gasteiger charge is -2.28. The molecule has 5 heteroatoms. The van der Waals surface area contributed by atoms with Crippen LogP contribution in [0.25, 0.3) is 0 Å². The highest BCUT2D eigenvalue weighted by Crippen LogP contribution is 2.31. The molecule has 1 fully saturated rings. The summed E-state index contributed by atoms with van der Waals surface area (Å²) in [6.45, 7) is 1.60. The highest BCUT2D eigenvalue weighted by molar-refractivity contribution is 6.35. The second kappa shape index (κ2) is 6.60. The van der Waals surface area contributed by atoms with Gasteiger partial charge in [-0.1, -0.05) is 42.1 Å². The number of hydrogen-bond donors (Lipinski definition) is 1. The topological polar surface area (TPSA) is 40.5 Å². The van der Waals surface area contributed by atoms with Crippen LogP contribution in [0.5, 0.6) is 0 Å². The van der Waals surface area contributed by atoms with Crippen molar-refractivity contribution >= 4 is 29.2 Å². The molecule has 1 saturated heterocycles. The standard InChI is InChI=1S/C14H17Cl2NO2/c15-10-5-6-11(12(16)9-10)13(14(18)19)17-7-3-1-2-4-8-17/h5-6,9,13H,1-4,7-8H2,(H,18,19). The van der Waals surface area contributed by atoms with Gasteiger partial charge in [0.2, 0.25) is 0 Å². The molecule has 1 unspecified atom stereocenters. The molecule has 3 nitrogen and oxygen atoms in total. The van der Waals surface area contributed by atoms with E-state index in [1.807, 2.05) is 4.90 Å². The van der Waals surface area contributed by atoms with Gasteiger partial charge in [-0.15, -0.1) is 0 Å². The lowest BCUT2D eigenvalue weighted by Crippen LogP contribution is -2.35. The molecule has 0 spiro atoms. The molecule has 1 N–H and O–H groups in total. The monoisotopic (exact) mass is 301 g/mol. The van der Waals surface area contributed by atoms with Gasteiger partial charge in [-0.2, -0.15) is 0 Å². The number of rotatable bonds is 3. The van der Waals surface area contributed by atoms with Crippen molar-refractivity contribution in [2.75, 3.05) is 13.1 Å². The van der Waals surface area contributed by atoms with Crippen molar-refractivity contribution in [2.45, 2.75) is 31.7 Å². The Bertz CT molecular complexity index is 457. The minimum absolute atomic E-state index is 0.421. The van der Waals surface area contributed by atoms with E-state index in [0.29, 0.717) is 15.6 Å². The van der Waals surface area contributed by atoms with Gasteiger partial charge in [0.1, 0.15) is 6.04 Å². The van der Waals surface area contributed by atoms with Gasteiger partial charge in [0, 0.05) is 10.0 Å². The SMILES string of the molecule is O=C(O)C(c1ccc(Cl)cc1Cl)N1CCCCCC1. The van der Waals surface area contributed by atoms with Crippen LogP contribution >= 0.6 is 23.2 Å². The van der Waals surface area contributed by atoms with Gasteiger partial charge in [-0.25, -0.2) is 0 Å². The average Bonchev–Trinajstić information content (AvgIpc) is 2.61. The summed E-state index contributed by atoms with van der Waals surface area (Å²) in [5, 5.41) is 10.5. The molecule has 1 aromatic rings. The third kappa shape index (κ3) is 3.62. The Balaban J connectivity index is 2.30. The highest BCUT2D eigenvalue weighted by atomic mass is 35.5. The van der Waals surface area contributed by atoms with Crippen LogP contribution in [-0.4, -0.2) is 29.1 Å². The average molecular weight is 302 g/mol. The van der Waals surface area contributed by atoms with E-state index in [4.69, 9.17) is 23.2 Å². The molecule has 1 aromatic carbocycles. The number of likely N-dealkylation sites (tertiary alicyclic amines) is 1. The fourth-order valence-corrected chi connectivity index (χ4v) is 3.07. The predicted molar refractivity (Wildman–Crippen MR) is 76.9 cm³/mol. The van der Waals surface area contributed by atoms with E-state index in [0.717, 1.165) is 38.8 Å². The molecule has 0 amide bonds. The second-order valence-corrected chi connectivity index (χ2v) is 5.70. The molecule has 0 radical (unpaired) electrons. The Kier molecular flexibility index (Phi) is 5.08. The summed E-state index contributed by atoms with van der Waals surface area (Å²) in [5.74, 6) is -0.855. The van der Waals surface area contributed by atoms with Gasteiger partial charge in [0.25, 0.3) is 0 Å². The van der Waals surface area contributed by atoms with Gasteiger partial charge in [-0.05, 0) is 43.6 Å². The lowest BCUT2D eigenvalue weighted by atomic mass is 10.0. The zero-order valence-electron chi connectivity index (χ0n) is 10.6. The molecule has 1 aliphatic rings. The molecule has 19 heavy (non-hydrogen) atoms. The molecule has 104 valence electrons. The first-order valence-corrected chi connectivity index (χ1v) is 7.27. The normalized spacial score (nSPS) is 18.8. The summed E-state index contributed by atoms with van der Waals surface area (Å²) < 4.78 is 0. The summed E-state index contributed by atoms with van der Waals surface area (Å²) >= 11 is 12.0. The van der Waals surface area contributed by atoms with Crippen molar-refractivity contribution in [3.8, 4) is 0 Å². The first kappa shape index (κ1) is 14.6. The molecule has 1 heterocycles. The number of halogens is 2. The van der Waals surface area contributed by atoms with Crippen LogP contribution in [0, 0.1) is 0 Å².